The Morgan fingerprint density at radius 1 is 1.26 bits per heavy atom. The number of carbonyl (C=O) groups excluding carboxylic acids is 1. The van der Waals surface area contributed by atoms with E-state index in [0.29, 0.717) is 40.2 Å². The minimum absolute atomic E-state index is 0.0695. The van der Waals surface area contributed by atoms with Crippen molar-refractivity contribution in [2.45, 2.75) is 67.6 Å². The molecule has 0 saturated carbocycles. The lowest BCUT2D eigenvalue weighted by Gasteiger charge is -2.39. The lowest BCUT2D eigenvalue weighted by molar-refractivity contribution is -0.147. The lowest BCUT2D eigenvalue weighted by Crippen LogP contribution is -2.47. The highest BCUT2D eigenvalue weighted by molar-refractivity contribution is 7.99. The van der Waals surface area contributed by atoms with Crippen LogP contribution in [0, 0.1) is 0 Å². The second-order valence-electron chi connectivity index (χ2n) is 10.3. The van der Waals surface area contributed by atoms with Crippen molar-refractivity contribution in [3.05, 3.63) is 35.9 Å². The fourth-order valence-corrected chi connectivity index (χ4v) is 7.00. The molecule has 4 unspecified atom stereocenters. The molecule has 5 rings (SSSR count). The molecule has 3 aromatic rings. The summed E-state index contributed by atoms with van der Waals surface area (Å²) in [5.74, 6) is 1.82. The molecule has 4 atom stereocenters. The van der Waals surface area contributed by atoms with Crippen LogP contribution in [-0.4, -0.2) is 76.7 Å². The second kappa shape index (κ2) is 9.23. The number of pyridine rings is 1. The highest BCUT2D eigenvalue weighted by Gasteiger charge is 2.45. The number of nitrogens with zero attached hydrogens (tertiary/aromatic N) is 5. The Kier molecular flexibility index (Phi) is 6.41. The molecule has 3 N–H and O–H groups in total. The molecule has 5 heterocycles. The molecule has 9 nitrogen and oxygen atoms in total. The third-order valence-corrected chi connectivity index (χ3v) is 8.95. The van der Waals surface area contributed by atoms with Crippen molar-refractivity contribution in [2.75, 3.05) is 18.6 Å². The smallest absolute Gasteiger partial charge is 0.387 e. The number of alkyl halides is 3. The van der Waals surface area contributed by atoms with Crippen molar-refractivity contribution >= 4 is 32.8 Å². The van der Waals surface area contributed by atoms with Crippen LogP contribution in [0.1, 0.15) is 55.8 Å². The summed E-state index contributed by atoms with van der Waals surface area (Å²) < 4.78 is 54.0. The fraction of sp³-hybridized carbons (Fsp3) is 0.480. The van der Waals surface area contributed by atoms with E-state index in [1.54, 1.807) is 4.90 Å². The molecule has 2 aliphatic heterocycles. The lowest BCUT2D eigenvalue weighted by atomic mass is 9.87. The minimum atomic E-state index is -4.40. The van der Waals surface area contributed by atoms with Crippen LogP contribution in [0.3, 0.4) is 0 Å². The Morgan fingerprint density at radius 2 is 1.92 bits per heavy atom. The molecule has 0 aliphatic carbocycles. The van der Waals surface area contributed by atoms with Crippen molar-refractivity contribution in [2.24, 2.45) is 0 Å². The summed E-state index contributed by atoms with van der Waals surface area (Å²) in [6.45, 7) is 0.510. The van der Waals surface area contributed by atoms with Crippen molar-refractivity contribution in [1.82, 2.24) is 24.5 Å². The van der Waals surface area contributed by atoms with E-state index < -0.39 is 28.2 Å². The normalized spacial score (nSPS) is 23.9. The Bertz CT molecular complexity index is 1490. The summed E-state index contributed by atoms with van der Waals surface area (Å²) in [5.41, 5.74) is 8.33. The van der Waals surface area contributed by atoms with Crippen LogP contribution >= 0.6 is 0 Å². The van der Waals surface area contributed by atoms with Gasteiger partial charge >= 0.3 is 6.18 Å². The molecule has 38 heavy (non-hydrogen) atoms. The number of fused-ring (bicyclic) bond motifs is 3. The Morgan fingerprint density at radius 3 is 2.45 bits per heavy atom. The molecule has 0 aromatic carbocycles. The van der Waals surface area contributed by atoms with Crippen molar-refractivity contribution < 1.29 is 27.3 Å². The molecule has 13 heteroatoms. The van der Waals surface area contributed by atoms with E-state index in [-0.39, 0.29) is 35.4 Å². The van der Waals surface area contributed by atoms with E-state index in [9.17, 15) is 27.3 Å². The van der Waals surface area contributed by atoms with Crippen LogP contribution < -0.4 is 5.73 Å². The first-order chi connectivity index (χ1) is 17.8. The number of hydrogen-bond acceptors (Lipinski definition) is 7. The molecule has 2 aliphatic rings. The van der Waals surface area contributed by atoms with Gasteiger partial charge in [-0.2, -0.15) is 22.8 Å². The van der Waals surface area contributed by atoms with E-state index in [0.717, 1.165) is 19.8 Å². The van der Waals surface area contributed by atoms with Crippen molar-refractivity contribution in [3.8, 4) is 11.1 Å². The van der Waals surface area contributed by atoms with Gasteiger partial charge in [-0.25, -0.2) is 4.98 Å². The maximum atomic E-state index is 13.3. The number of carbonyl (C=O) groups is 1. The van der Waals surface area contributed by atoms with Gasteiger partial charge in [0.2, 0.25) is 5.91 Å². The molecule has 0 spiro atoms. The average molecular weight is 551 g/mol. The first-order valence-electron chi connectivity index (χ1n) is 12.3. The number of piperidine rings is 1. The van der Waals surface area contributed by atoms with Gasteiger partial charge in [0.15, 0.2) is 5.65 Å². The predicted molar refractivity (Wildman–Crippen MR) is 137 cm³/mol. The second-order valence-corrected chi connectivity index (χ2v) is 12.7. The molecule has 2 fully saturated rings. The van der Waals surface area contributed by atoms with Gasteiger partial charge < -0.3 is 15.7 Å². The average Bonchev–Trinajstić information content (AvgIpc) is 3.40. The Hall–Kier alpha value is -3.19. The van der Waals surface area contributed by atoms with Crippen LogP contribution in [0.2, 0.25) is 0 Å². The maximum absolute atomic E-state index is 13.3. The SMILES string of the molecule is C=S(C)(=O)c1c(C2CC3CCC(C2)N3C(=O)CO)nc2c(-c3ccc(C(C)C(F)(F)F)nc3)cnn2c1N. The summed E-state index contributed by atoms with van der Waals surface area (Å²) in [6, 6.07) is 2.73. The predicted octanol–water partition coefficient (Wildman–Crippen LogP) is 2.97. The first kappa shape index (κ1) is 26.4. The zero-order chi connectivity index (χ0) is 27.6. The van der Waals surface area contributed by atoms with Gasteiger partial charge in [0.05, 0.1) is 28.4 Å². The van der Waals surface area contributed by atoms with E-state index in [1.165, 1.54) is 35.3 Å². The zero-order valence-electron chi connectivity index (χ0n) is 21.0. The molecular formula is C25H29F3N6O3S. The molecular weight excluding hydrogens is 521 g/mol. The molecule has 204 valence electrons. The number of nitrogen functional groups attached to an aromatic ring is 1. The number of aliphatic hydroxyl groups is 1. The summed E-state index contributed by atoms with van der Waals surface area (Å²) in [6.07, 6.45) is 2.69. The number of anilines is 1. The maximum Gasteiger partial charge on any atom is 0.396 e. The Balaban J connectivity index is 1.59. The van der Waals surface area contributed by atoms with E-state index in [2.05, 4.69) is 16.0 Å². The number of nitrogens with two attached hydrogens (primary N) is 1. The summed E-state index contributed by atoms with van der Waals surface area (Å²) in [4.78, 5) is 23.3. The number of aromatic nitrogens is 4. The van der Waals surface area contributed by atoms with E-state index in [1.807, 2.05) is 0 Å². The van der Waals surface area contributed by atoms with Crippen LogP contribution in [-0.2, 0) is 14.3 Å². The minimum Gasteiger partial charge on any atom is -0.387 e. The fourth-order valence-electron chi connectivity index (χ4n) is 5.82. The molecule has 0 radical (unpaired) electrons. The topological polar surface area (TPSA) is 127 Å². The third kappa shape index (κ3) is 4.41. The van der Waals surface area contributed by atoms with Gasteiger partial charge in [-0.3, -0.25) is 14.0 Å². The molecule has 2 saturated heterocycles. The van der Waals surface area contributed by atoms with Crippen molar-refractivity contribution in [1.29, 1.82) is 0 Å². The standard InChI is InChI=1S/C25H29F3N6O3S/c1-13(25(26,27)28)19-7-4-14(10-30-19)18-11-31-34-23(29)22(38(2,3)37)21(32-24(18)34)15-8-16-5-6-17(9-15)33(16)20(36)12-35/h4,7,10-11,13,15-17,35H,2,5-6,8-9,12,29H2,1,3H3. The van der Waals surface area contributed by atoms with Crippen LogP contribution in [0.4, 0.5) is 19.0 Å². The first-order valence-corrected chi connectivity index (χ1v) is 14.4. The largest absolute Gasteiger partial charge is 0.396 e. The van der Waals surface area contributed by atoms with Gasteiger partial charge in [0, 0.05) is 41.6 Å². The number of hydrogen-bond donors (Lipinski definition) is 2. The third-order valence-electron chi connectivity index (χ3n) is 7.67. The summed E-state index contributed by atoms with van der Waals surface area (Å²) in [7, 11) is -2.83. The van der Waals surface area contributed by atoms with Gasteiger partial charge in [-0.1, -0.05) is 6.07 Å². The monoisotopic (exact) mass is 550 g/mol. The zero-order valence-corrected chi connectivity index (χ0v) is 21.8. The van der Waals surface area contributed by atoms with Crippen LogP contribution in [0.5, 0.6) is 0 Å². The highest BCUT2D eigenvalue weighted by Crippen LogP contribution is 2.45. The number of amides is 1. The number of halogens is 3. The van der Waals surface area contributed by atoms with Gasteiger partial charge in [0.1, 0.15) is 12.4 Å². The van der Waals surface area contributed by atoms with Crippen molar-refractivity contribution in [3.63, 3.8) is 0 Å². The quantitative estimate of drug-likeness (QED) is 0.468. The van der Waals surface area contributed by atoms with Gasteiger partial charge in [0.25, 0.3) is 0 Å². The summed E-state index contributed by atoms with van der Waals surface area (Å²) >= 11 is 0. The number of rotatable bonds is 5. The van der Waals surface area contributed by atoms with Crippen LogP contribution in [0.25, 0.3) is 16.8 Å². The highest BCUT2D eigenvalue weighted by atomic mass is 32.2. The van der Waals surface area contributed by atoms with Crippen LogP contribution in [0.15, 0.2) is 29.4 Å². The van der Waals surface area contributed by atoms with E-state index >= 15 is 0 Å². The molecule has 1 amide bonds. The van der Waals surface area contributed by atoms with Gasteiger partial charge in [-0.15, -0.1) is 0 Å². The Labute approximate surface area is 217 Å². The molecule has 2 bridgehead atoms. The molecule has 3 aromatic heterocycles. The number of aliphatic hydroxyl groups excluding tert-OH is 1. The summed E-state index contributed by atoms with van der Waals surface area (Å²) in [5, 5.41) is 13.7. The van der Waals surface area contributed by atoms with Gasteiger partial charge in [-0.05, 0) is 54.1 Å². The van der Waals surface area contributed by atoms with E-state index in [4.69, 9.17) is 10.7 Å².